The number of piperazine rings is 1. The molecule has 1 N–H and O–H groups in total. The summed E-state index contributed by atoms with van der Waals surface area (Å²) in [6.45, 7) is 4.54. The lowest BCUT2D eigenvalue weighted by atomic mass is 10.0. The van der Waals surface area contributed by atoms with Gasteiger partial charge in [0.05, 0.1) is 6.26 Å². The van der Waals surface area contributed by atoms with Crippen LogP contribution in [-0.4, -0.2) is 72.3 Å². The molecule has 170 valence electrons. The molecule has 0 saturated carbocycles. The van der Waals surface area contributed by atoms with Crippen molar-refractivity contribution in [3.63, 3.8) is 0 Å². The number of esters is 1. The van der Waals surface area contributed by atoms with E-state index in [-0.39, 0.29) is 29.4 Å². The number of hydrogen-bond acceptors (Lipinski definition) is 6. The van der Waals surface area contributed by atoms with Crippen LogP contribution in [0.4, 0.5) is 0 Å². The molecule has 1 aromatic carbocycles. The maximum Gasteiger partial charge on any atom is 0.329 e. The summed E-state index contributed by atoms with van der Waals surface area (Å²) < 4.78 is 10.3. The van der Waals surface area contributed by atoms with Gasteiger partial charge in [-0.25, -0.2) is 4.79 Å². The van der Waals surface area contributed by atoms with Gasteiger partial charge in [0.25, 0.3) is 17.7 Å². The van der Waals surface area contributed by atoms with Crippen molar-refractivity contribution in [1.82, 2.24) is 15.1 Å². The van der Waals surface area contributed by atoms with Crippen molar-refractivity contribution in [1.29, 1.82) is 0 Å². The van der Waals surface area contributed by atoms with E-state index in [2.05, 4.69) is 5.32 Å². The van der Waals surface area contributed by atoms with Crippen molar-refractivity contribution in [3.05, 3.63) is 60.1 Å². The first-order valence-electron chi connectivity index (χ1n) is 10.5. The van der Waals surface area contributed by atoms with Gasteiger partial charge in [0, 0.05) is 31.7 Å². The Morgan fingerprint density at radius 2 is 1.62 bits per heavy atom. The van der Waals surface area contributed by atoms with Gasteiger partial charge in [-0.15, -0.1) is 0 Å². The molecule has 1 aliphatic rings. The fourth-order valence-electron chi connectivity index (χ4n) is 3.34. The molecule has 0 unspecified atom stereocenters. The van der Waals surface area contributed by atoms with Gasteiger partial charge >= 0.3 is 5.97 Å². The monoisotopic (exact) mass is 441 g/mol. The molecule has 2 aromatic rings. The van der Waals surface area contributed by atoms with Crippen molar-refractivity contribution in [2.75, 3.05) is 32.8 Å². The second kappa shape index (κ2) is 10.6. The van der Waals surface area contributed by atoms with Crippen LogP contribution in [0.15, 0.2) is 53.1 Å². The third-order valence-electron chi connectivity index (χ3n) is 5.23. The largest absolute Gasteiger partial charge is 0.459 e. The molecule has 1 aliphatic heterocycles. The lowest BCUT2D eigenvalue weighted by Crippen LogP contribution is -2.52. The van der Waals surface area contributed by atoms with Crippen molar-refractivity contribution in [2.24, 2.45) is 5.92 Å². The van der Waals surface area contributed by atoms with E-state index >= 15 is 0 Å². The zero-order valence-electron chi connectivity index (χ0n) is 18.2. The summed E-state index contributed by atoms with van der Waals surface area (Å²) >= 11 is 0. The summed E-state index contributed by atoms with van der Waals surface area (Å²) in [4.78, 5) is 52.9. The lowest BCUT2D eigenvalue weighted by molar-refractivity contribution is -0.155. The van der Waals surface area contributed by atoms with Crippen LogP contribution in [0.1, 0.15) is 34.8 Å². The van der Waals surface area contributed by atoms with Gasteiger partial charge in [0.2, 0.25) is 0 Å². The van der Waals surface area contributed by atoms with E-state index < -0.39 is 18.6 Å². The molecule has 2 heterocycles. The SMILES string of the molecule is CC(C)[C@@H](NC(=O)c1ccccc1)C(=O)OCC(=O)N1CCN(C(=O)c2ccco2)CC1. The first kappa shape index (κ1) is 23.1. The number of furan rings is 1. The van der Waals surface area contributed by atoms with Crippen molar-refractivity contribution in [2.45, 2.75) is 19.9 Å². The fourth-order valence-corrected chi connectivity index (χ4v) is 3.34. The molecule has 9 heteroatoms. The molecular formula is C23H27N3O6. The Balaban J connectivity index is 1.47. The van der Waals surface area contributed by atoms with E-state index in [1.165, 1.54) is 6.26 Å². The highest BCUT2D eigenvalue weighted by Crippen LogP contribution is 2.11. The first-order valence-corrected chi connectivity index (χ1v) is 10.5. The topological polar surface area (TPSA) is 109 Å². The number of nitrogens with zero attached hydrogens (tertiary/aromatic N) is 2. The molecule has 0 spiro atoms. The minimum atomic E-state index is -0.877. The second-order valence-electron chi connectivity index (χ2n) is 7.82. The molecule has 0 aliphatic carbocycles. The number of benzene rings is 1. The van der Waals surface area contributed by atoms with E-state index in [1.54, 1.807) is 66.1 Å². The highest BCUT2D eigenvalue weighted by molar-refractivity contribution is 5.97. The number of rotatable bonds is 7. The van der Waals surface area contributed by atoms with Gasteiger partial charge in [-0.3, -0.25) is 14.4 Å². The van der Waals surface area contributed by atoms with E-state index in [1.807, 2.05) is 0 Å². The van der Waals surface area contributed by atoms with Crippen LogP contribution in [0.2, 0.25) is 0 Å². The molecule has 9 nitrogen and oxygen atoms in total. The minimum Gasteiger partial charge on any atom is -0.459 e. The van der Waals surface area contributed by atoms with Gasteiger partial charge in [-0.1, -0.05) is 32.0 Å². The van der Waals surface area contributed by atoms with Crippen LogP contribution in [0.25, 0.3) is 0 Å². The number of amides is 3. The Morgan fingerprint density at radius 1 is 0.969 bits per heavy atom. The number of ether oxygens (including phenoxy) is 1. The van der Waals surface area contributed by atoms with Crippen LogP contribution in [0.5, 0.6) is 0 Å². The van der Waals surface area contributed by atoms with E-state index in [0.717, 1.165) is 0 Å². The summed E-state index contributed by atoms with van der Waals surface area (Å²) in [6.07, 6.45) is 1.44. The zero-order valence-corrected chi connectivity index (χ0v) is 18.2. The minimum absolute atomic E-state index is 0.220. The van der Waals surface area contributed by atoms with Crippen LogP contribution >= 0.6 is 0 Å². The van der Waals surface area contributed by atoms with Crippen LogP contribution in [0, 0.1) is 5.92 Å². The van der Waals surface area contributed by atoms with Crippen molar-refractivity contribution >= 4 is 23.7 Å². The molecule has 0 bridgehead atoms. The average molecular weight is 441 g/mol. The van der Waals surface area contributed by atoms with Crippen LogP contribution in [0.3, 0.4) is 0 Å². The highest BCUT2D eigenvalue weighted by Gasteiger charge is 2.29. The molecule has 1 aromatic heterocycles. The Bertz CT molecular complexity index is 934. The zero-order chi connectivity index (χ0) is 23.1. The fraction of sp³-hybridized carbons (Fsp3) is 0.391. The standard InChI is InChI=1S/C23H27N3O6/c1-16(2)20(24-21(28)17-7-4-3-5-8-17)23(30)32-15-19(27)25-10-12-26(13-11-25)22(29)18-9-6-14-31-18/h3-9,14,16,20H,10-13,15H2,1-2H3,(H,24,28)/t20-/m1/s1. The second-order valence-corrected chi connectivity index (χ2v) is 7.82. The maximum absolute atomic E-state index is 12.5. The predicted molar refractivity (Wildman–Crippen MR) is 115 cm³/mol. The van der Waals surface area contributed by atoms with Gasteiger partial charge < -0.3 is 24.3 Å². The quantitative estimate of drug-likeness (QED) is 0.653. The number of carbonyl (C=O) groups is 4. The molecular weight excluding hydrogens is 414 g/mol. The van der Waals surface area contributed by atoms with E-state index in [0.29, 0.717) is 31.7 Å². The Kier molecular flexibility index (Phi) is 7.64. The van der Waals surface area contributed by atoms with Gasteiger partial charge in [0.1, 0.15) is 6.04 Å². The molecule has 1 saturated heterocycles. The lowest BCUT2D eigenvalue weighted by Gasteiger charge is -2.34. The van der Waals surface area contributed by atoms with Crippen molar-refractivity contribution in [3.8, 4) is 0 Å². The summed E-state index contributed by atoms with van der Waals surface area (Å²) in [5.74, 6) is -1.57. The number of hydrogen-bond donors (Lipinski definition) is 1. The molecule has 0 radical (unpaired) electrons. The predicted octanol–water partition coefficient (Wildman–Crippen LogP) is 1.56. The summed E-state index contributed by atoms with van der Waals surface area (Å²) in [7, 11) is 0. The van der Waals surface area contributed by atoms with Crippen LogP contribution < -0.4 is 5.32 Å². The molecule has 3 rings (SSSR count). The summed E-state index contributed by atoms with van der Waals surface area (Å²) in [6, 6.07) is 10.9. The van der Waals surface area contributed by atoms with E-state index in [9.17, 15) is 19.2 Å². The van der Waals surface area contributed by atoms with Crippen molar-refractivity contribution < 1.29 is 28.3 Å². The van der Waals surface area contributed by atoms with Gasteiger partial charge in [-0.05, 0) is 30.2 Å². The Morgan fingerprint density at radius 3 is 2.22 bits per heavy atom. The summed E-state index contributed by atoms with van der Waals surface area (Å²) in [5, 5.41) is 2.68. The molecule has 32 heavy (non-hydrogen) atoms. The van der Waals surface area contributed by atoms with Gasteiger partial charge in [-0.2, -0.15) is 0 Å². The molecule has 1 fully saturated rings. The third-order valence-corrected chi connectivity index (χ3v) is 5.23. The normalized spacial score (nSPS) is 14.7. The Labute approximate surface area is 186 Å². The Hall–Kier alpha value is -3.62. The van der Waals surface area contributed by atoms with Crippen LogP contribution in [-0.2, 0) is 14.3 Å². The third kappa shape index (κ3) is 5.75. The number of nitrogens with one attached hydrogen (secondary N) is 1. The van der Waals surface area contributed by atoms with E-state index in [4.69, 9.17) is 9.15 Å². The first-order chi connectivity index (χ1) is 15.4. The molecule has 3 amide bonds. The maximum atomic E-state index is 12.5. The molecule has 1 atom stereocenters. The van der Waals surface area contributed by atoms with Gasteiger partial charge in [0.15, 0.2) is 12.4 Å². The summed E-state index contributed by atoms with van der Waals surface area (Å²) in [5.41, 5.74) is 0.434. The average Bonchev–Trinajstić information content (AvgIpc) is 3.35. The highest BCUT2D eigenvalue weighted by atomic mass is 16.5. The smallest absolute Gasteiger partial charge is 0.329 e. The number of carbonyl (C=O) groups excluding carboxylic acids is 4.